The van der Waals surface area contributed by atoms with E-state index in [-0.39, 0.29) is 5.92 Å². The average Bonchev–Trinajstić information content (AvgIpc) is 2.14. The minimum absolute atomic E-state index is 0.264. The van der Waals surface area contributed by atoms with Gasteiger partial charge in [-0.2, -0.15) is 0 Å². The van der Waals surface area contributed by atoms with Gasteiger partial charge in [0.05, 0.1) is 5.92 Å². The van der Waals surface area contributed by atoms with Gasteiger partial charge in [-0.15, -0.1) is 0 Å². The molecule has 0 aliphatic heterocycles. The minimum atomic E-state index is -0.753. The maximum atomic E-state index is 9.90. The Morgan fingerprint density at radius 3 is 2.00 bits per heavy atom. The Hall–Kier alpha value is 0.430. The minimum Gasteiger partial charge on any atom is -0.481 e. The summed E-state index contributed by atoms with van der Waals surface area (Å²) in [6, 6.07) is 0. The molecule has 1 atom stereocenters. The van der Waals surface area contributed by atoms with E-state index >= 15 is 0 Å². The molecule has 80 valence electrons. The van der Waals surface area contributed by atoms with Crippen molar-refractivity contribution in [1.29, 1.82) is 0 Å². The quantitative estimate of drug-likeness (QED) is 0.620. The van der Waals surface area contributed by atoms with Crippen molar-refractivity contribution in [3.05, 3.63) is 0 Å². The van der Waals surface area contributed by atoms with Crippen LogP contribution in [0.25, 0.3) is 0 Å². The second kappa shape index (κ2) is 12.4. The summed E-state index contributed by atoms with van der Waals surface area (Å²) in [5, 5.41) is 9.85. The first-order valence-electron chi connectivity index (χ1n) is 4.44. The predicted molar refractivity (Wildman–Crippen MR) is 63.9 cm³/mol. The molecule has 0 rings (SSSR count). The van der Waals surface area contributed by atoms with Crippen molar-refractivity contribution in [3.63, 3.8) is 0 Å². The fourth-order valence-electron chi connectivity index (χ4n) is 0.410. The fourth-order valence-corrected chi connectivity index (χ4v) is 1.08. The molecule has 0 aromatic rings. The lowest BCUT2D eigenvalue weighted by Gasteiger charge is -1.95. The monoisotopic (exact) mass is 316 g/mol. The average molecular weight is 318 g/mol. The third-order valence-electron chi connectivity index (χ3n) is 1.39. The number of hydrogen-bond acceptors (Lipinski definition) is 1. The summed E-state index contributed by atoms with van der Waals surface area (Å²) < 4.78 is 0. The largest absolute Gasteiger partial charge is 0.481 e. The third-order valence-corrected chi connectivity index (χ3v) is 2.92. The molecule has 0 aromatic heterocycles. The number of aliphatic carboxylic acids is 1. The van der Waals surface area contributed by atoms with Crippen molar-refractivity contribution in [1.82, 2.24) is 0 Å². The number of rotatable bonds is 5. The Labute approximate surface area is 97.4 Å². The third kappa shape index (κ3) is 15.2. The molecule has 13 heavy (non-hydrogen) atoms. The lowest BCUT2D eigenvalue weighted by molar-refractivity contribution is -0.140. The Balaban J connectivity index is 0. The highest BCUT2D eigenvalue weighted by molar-refractivity contribution is 9.09. The fraction of sp³-hybridized carbons (Fsp3) is 0.889. The van der Waals surface area contributed by atoms with Crippen LogP contribution < -0.4 is 0 Å². The molecule has 0 bridgehead atoms. The van der Waals surface area contributed by atoms with E-state index in [1.807, 2.05) is 0 Å². The van der Waals surface area contributed by atoms with E-state index in [0.717, 1.165) is 0 Å². The zero-order valence-electron chi connectivity index (χ0n) is 8.22. The van der Waals surface area contributed by atoms with Crippen LogP contribution in [0.5, 0.6) is 0 Å². The molecule has 0 radical (unpaired) electrons. The van der Waals surface area contributed by atoms with Gasteiger partial charge in [0, 0.05) is 10.7 Å². The first-order valence-corrected chi connectivity index (χ1v) is 6.69. The maximum absolute atomic E-state index is 9.90. The zero-order valence-corrected chi connectivity index (χ0v) is 11.4. The van der Waals surface area contributed by atoms with Crippen molar-refractivity contribution in [2.45, 2.75) is 33.1 Å². The molecule has 0 spiro atoms. The summed E-state index contributed by atoms with van der Waals surface area (Å²) in [4.78, 5) is 9.90. The van der Waals surface area contributed by atoms with Crippen LogP contribution in [-0.2, 0) is 4.79 Å². The van der Waals surface area contributed by atoms with Gasteiger partial charge in [0.1, 0.15) is 0 Å². The van der Waals surface area contributed by atoms with Gasteiger partial charge in [-0.05, 0) is 6.42 Å². The van der Waals surface area contributed by atoms with Crippen LogP contribution >= 0.6 is 31.9 Å². The normalized spacial score (nSPS) is 11.4. The standard InChI is InChI=1S/C5H11Br.C4H7BrO2/c1-2-3-4-5-6;1-3(2-5)4(6)7/h2-5H2,1H3;3H,2H2,1H3,(H,6,7). The molecule has 0 fully saturated rings. The number of carboxylic acid groups (broad SMARTS) is 1. The van der Waals surface area contributed by atoms with Crippen LogP contribution in [0.1, 0.15) is 33.1 Å². The number of carbonyl (C=O) groups is 1. The highest BCUT2D eigenvalue weighted by Gasteiger charge is 2.06. The van der Waals surface area contributed by atoms with Crippen LogP contribution in [0.2, 0.25) is 0 Å². The van der Waals surface area contributed by atoms with E-state index in [1.54, 1.807) is 6.92 Å². The second-order valence-corrected chi connectivity index (χ2v) is 4.23. The summed E-state index contributed by atoms with van der Waals surface area (Å²) in [6.45, 7) is 3.86. The van der Waals surface area contributed by atoms with E-state index in [0.29, 0.717) is 5.33 Å². The van der Waals surface area contributed by atoms with Crippen LogP contribution in [0.4, 0.5) is 0 Å². The van der Waals surface area contributed by atoms with Crippen LogP contribution in [-0.4, -0.2) is 21.7 Å². The van der Waals surface area contributed by atoms with Gasteiger partial charge in [0.25, 0.3) is 0 Å². The van der Waals surface area contributed by atoms with Gasteiger partial charge in [0.2, 0.25) is 0 Å². The number of hydrogen-bond donors (Lipinski definition) is 1. The lowest BCUT2D eigenvalue weighted by Crippen LogP contribution is -2.09. The molecule has 0 aliphatic rings. The first kappa shape index (κ1) is 15.9. The van der Waals surface area contributed by atoms with E-state index in [9.17, 15) is 4.79 Å². The number of carboxylic acids is 1. The molecular weight excluding hydrogens is 300 g/mol. The van der Waals surface area contributed by atoms with Gasteiger partial charge in [0.15, 0.2) is 0 Å². The second-order valence-electron chi connectivity index (χ2n) is 2.79. The van der Waals surface area contributed by atoms with Gasteiger partial charge in [-0.1, -0.05) is 58.5 Å². The Kier molecular flexibility index (Phi) is 15.2. The van der Waals surface area contributed by atoms with E-state index < -0.39 is 5.97 Å². The number of alkyl halides is 2. The van der Waals surface area contributed by atoms with Gasteiger partial charge in [-0.3, -0.25) is 4.79 Å². The Bertz CT molecular complexity index is 114. The van der Waals surface area contributed by atoms with E-state index in [1.165, 1.54) is 24.6 Å². The van der Waals surface area contributed by atoms with Gasteiger partial charge < -0.3 is 5.11 Å². The van der Waals surface area contributed by atoms with Gasteiger partial charge in [-0.25, -0.2) is 0 Å². The molecule has 0 saturated heterocycles. The molecule has 1 N–H and O–H groups in total. The summed E-state index contributed by atoms with van der Waals surface area (Å²) in [5.74, 6) is -1.02. The summed E-state index contributed by atoms with van der Waals surface area (Å²) >= 11 is 6.38. The molecule has 0 saturated carbocycles. The molecule has 0 aliphatic carbocycles. The SMILES string of the molecule is CC(CBr)C(=O)O.CCCCCBr. The van der Waals surface area contributed by atoms with Crippen LogP contribution in [0, 0.1) is 5.92 Å². The molecule has 0 aromatic carbocycles. The number of halogens is 2. The van der Waals surface area contributed by atoms with Crippen molar-refractivity contribution < 1.29 is 9.90 Å². The summed E-state index contributed by atoms with van der Waals surface area (Å²) in [7, 11) is 0. The Morgan fingerprint density at radius 1 is 1.38 bits per heavy atom. The molecule has 0 heterocycles. The summed E-state index contributed by atoms with van der Waals surface area (Å²) in [5.41, 5.74) is 0. The topological polar surface area (TPSA) is 37.3 Å². The zero-order chi connectivity index (χ0) is 10.7. The Morgan fingerprint density at radius 2 is 1.92 bits per heavy atom. The van der Waals surface area contributed by atoms with Crippen LogP contribution in [0.3, 0.4) is 0 Å². The molecule has 2 nitrogen and oxygen atoms in total. The van der Waals surface area contributed by atoms with Crippen molar-refractivity contribution >= 4 is 37.8 Å². The lowest BCUT2D eigenvalue weighted by atomic mass is 10.2. The smallest absolute Gasteiger partial charge is 0.307 e. The molecule has 1 unspecified atom stereocenters. The highest BCUT2D eigenvalue weighted by Crippen LogP contribution is 1.97. The molecular formula is C9H18Br2O2. The van der Waals surface area contributed by atoms with Crippen molar-refractivity contribution in [3.8, 4) is 0 Å². The molecule has 4 heteroatoms. The van der Waals surface area contributed by atoms with Gasteiger partial charge >= 0.3 is 5.97 Å². The first-order chi connectivity index (χ1) is 6.09. The summed E-state index contributed by atoms with van der Waals surface area (Å²) in [6.07, 6.45) is 4.02. The molecule has 0 amide bonds. The van der Waals surface area contributed by atoms with Crippen molar-refractivity contribution in [2.75, 3.05) is 10.7 Å². The number of unbranched alkanes of at least 4 members (excludes halogenated alkanes) is 2. The van der Waals surface area contributed by atoms with Crippen molar-refractivity contribution in [2.24, 2.45) is 5.92 Å². The van der Waals surface area contributed by atoms with E-state index in [2.05, 4.69) is 38.8 Å². The van der Waals surface area contributed by atoms with Crippen LogP contribution in [0.15, 0.2) is 0 Å². The predicted octanol–water partition coefficient (Wildman–Crippen LogP) is 3.67. The highest BCUT2D eigenvalue weighted by atomic mass is 79.9. The maximum Gasteiger partial charge on any atom is 0.307 e. The van der Waals surface area contributed by atoms with E-state index in [4.69, 9.17) is 5.11 Å².